The van der Waals surface area contributed by atoms with Crippen molar-refractivity contribution in [2.75, 3.05) is 0 Å². The molecule has 0 saturated heterocycles. The summed E-state index contributed by atoms with van der Waals surface area (Å²) < 4.78 is 3.48. The Morgan fingerprint density at radius 3 is 2.52 bits per heavy atom. The van der Waals surface area contributed by atoms with Gasteiger partial charge in [-0.2, -0.15) is 0 Å². The van der Waals surface area contributed by atoms with Crippen molar-refractivity contribution >= 4 is 46.8 Å². The zero-order valence-corrected chi connectivity index (χ0v) is 14.3. The van der Waals surface area contributed by atoms with Crippen molar-refractivity contribution in [3.05, 3.63) is 66.1 Å². The highest BCUT2D eigenvalue weighted by Gasteiger charge is 2.33. The number of carbonyl (C=O) groups excluding carboxylic acids is 1. The quantitative estimate of drug-likeness (QED) is 0.459. The van der Waals surface area contributed by atoms with Crippen LogP contribution in [0.4, 0.5) is 0 Å². The smallest absolute Gasteiger partial charge is 0.245 e. The average Bonchev–Trinajstić information content (AvgIpc) is 3.02. The van der Waals surface area contributed by atoms with E-state index in [4.69, 9.17) is 39.2 Å². The minimum Gasteiger partial charge on any atom is -0.468 e. The van der Waals surface area contributed by atoms with Crippen LogP contribution in [0.15, 0.2) is 59.2 Å². The zero-order valence-electron chi connectivity index (χ0n) is 12.0. The van der Waals surface area contributed by atoms with E-state index >= 15 is 0 Å². The highest BCUT2D eigenvalue weighted by Crippen LogP contribution is 2.29. The van der Waals surface area contributed by atoms with Gasteiger partial charge < -0.3 is 9.73 Å². The van der Waals surface area contributed by atoms with Crippen LogP contribution in [0.2, 0.25) is 0 Å². The number of rotatable bonds is 6. The van der Waals surface area contributed by atoms with Gasteiger partial charge in [-0.05, 0) is 23.8 Å². The summed E-state index contributed by atoms with van der Waals surface area (Å²) in [5.74, 6) is 0.287. The first-order valence-corrected chi connectivity index (χ1v) is 7.94. The largest absolute Gasteiger partial charge is 0.468 e. The second-order valence-corrected chi connectivity index (χ2v) is 7.06. The molecule has 1 unspecified atom stereocenters. The van der Waals surface area contributed by atoms with Gasteiger partial charge in [-0.15, -0.1) is 0 Å². The van der Waals surface area contributed by atoms with Gasteiger partial charge in [-0.25, -0.2) is 0 Å². The maximum atomic E-state index is 12.0. The van der Waals surface area contributed by atoms with E-state index in [0.717, 1.165) is 5.56 Å². The van der Waals surface area contributed by atoms with E-state index < -0.39 is 9.96 Å². The number of hydrogen-bond donors (Lipinski definition) is 2. The van der Waals surface area contributed by atoms with Gasteiger partial charge in [0, 0.05) is 6.08 Å². The number of benzene rings is 1. The summed E-state index contributed by atoms with van der Waals surface area (Å²) in [5.41, 5.74) is 0.900. The van der Waals surface area contributed by atoms with Crippen molar-refractivity contribution in [2.45, 2.75) is 16.5 Å². The Kier molecular flexibility index (Phi) is 6.54. The van der Waals surface area contributed by atoms with E-state index in [9.17, 15) is 4.79 Å². The third-order valence-corrected chi connectivity index (χ3v) is 3.56. The fourth-order valence-electron chi connectivity index (χ4n) is 1.79. The van der Waals surface area contributed by atoms with Crippen molar-refractivity contribution in [2.24, 2.45) is 0 Å². The highest BCUT2D eigenvalue weighted by atomic mass is 35.6. The van der Waals surface area contributed by atoms with Gasteiger partial charge in [-0.1, -0.05) is 65.1 Å². The van der Waals surface area contributed by atoms with Crippen molar-refractivity contribution in [3.8, 4) is 0 Å². The van der Waals surface area contributed by atoms with Crippen LogP contribution in [0, 0.1) is 0 Å². The lowest BCUT2D eigenvalue weighted by Gasteiger charge is -2.25. The van der Waals surface area contributed by atoms with E-state index in [1.54, 1.807) is 24.5 Å². The van der Waals surface area contributed by atoms with Gasteiger partial charge in [0.15, 0.2) is 0 Å². The molecule has 7 heteroatoms. The normalized spacial score (nSPS) is 13.2. The van der Waals surface area contributed by atoms with Crippen molar-refractivity contribution in [3.63, 3.8) is 0 Å². The Labute approximate surface area is 149 Å². The molecule has 4 nitrogen and oxygen atoms in total. The van der Waals surface area contributed by atoms with Crippen LogP contribution in [0.25, 0.3) is 6.08 Å². The lowest BCUT2D eigenvalue weighted by atomic mass is 10.2. The van der Waals surface area contributed by atoms with E-state index in [-0.39, 0.29) is 5.91 Å². The summed E-state index contributed by atoms with van der Waals surface area (Å²) in [5, 5.41) is 5.55. The predicted octanol–water partition coefficient (Wildman–Crippen LogP) is 3.90. The van der Waals surface area contributed by atoms with Crippen molar-refractivity contribution in [1.29, 1.82) is 0 Å². The Bertz CT molecular complexity index is 637. The molecule has 0 aliphatic rings. The summed E-state index contributed by atoms with van der Waals surface area (Å²) in [7, 11) is 0. The zero-order chi connectivity index (χ0) is 16.7. The molecule has 2 N–H and O–H groups in total. The summed E-state index contributed by atoms with van der Waals surface area (Å²) >= 11 is 17.7. The van der Waals surface area contributed by atoms with Gasteiger partial charge in [0.2, 0.25) is 9.70 Å². The standard InChI is InChI=1S/C16H15Cl3N2O2/c17-16(18,19)15(20-11-13-7-4-10-23-13)21-14(22)9-8-12-5-2-1-3-6-12/h1-10,15,20H,11H2,(H,21,22). The SMILES string of the molecule is O=C(C=Cc1ccccc1)NC(NCc1ccco1)C(Cl)(Cl)Cl. The van der Waals surface area contributed by atoms with E-state index in [0.29, 0.717) is 12.3 Å². The van der Waals surface area contributed by atoms with Crippen LogP contribution < -0.4 is 10.6 Å². The van der Waals surface area contributed by atoms with Gasteiger partial charge in [0.05, 0.1) is 12.8 Å². The second kappa shape index (κ2) is 8.41. The van der Waals surface area contributed by atoms with Crippen LogP contribution in [0.3, 0.4) is 0 Å². The van der Waals surface area contributed by atoms with Gasteiger partial charge in [0.25, 0.3) is 0 Å². The Balaban J connectivity index is 1.94. The molecule has 1 heterocycles. The van der Waals surface area contributed by atoms with Gasteiger partial charge in [-0.3, -0.25) is 10.1 Å². The van der Waals surface area contributed by atoms with Crippen LogP contribution >= 0.6 is 34.8 Å². The Hall–Kier alpha value is -1.46. The summed E-state index contributed by atoms with van der Waals surface area (Å²) in [6, 6.07) is 13.0. The maximum Gasteiger partial charge on any atom is 0.245 e. The number of halogens is 3. The molecule has 2 aromatic rings. The molecule has 0 aliphatic heterocycles. The first-order valence-electron chi connectivity index (χ1n) is 6.81. The molecule has 0 spiro atoms. The molecule has 0 aliphatic carbocycles. The minimum atomic E-state index is -1.71. The molecule has 1 aromatic heterocycles. The number of nitrogens with one attached hydrogen (secondary N) is 2. The maximum absolute atomic E-state index is 12.0. The molecule has 1 atom stereocenters. The van der Waals surface area contributed by atoms with E-state index in [1.165, 1.54) is 6.08 Å². The molecule has 0 fully saturated rings. The van der Waals surface area contributed by atoms with Crippen LogP contribution in [0.1, 0.15) is 11.3 Å². The number of furan rings is 1. The highest BCUT2D eigenvalue weighted by molar-refractivity contribution is 6.68. The van der Waals surface area contributed by atoms with Gasteiger partial charge >= 0.3 is 0 Å². The Morgan fingerprint density at radius 1 is 1.17 bits per heavy atom. The minimum absolute atomic E-state index is 0.314. The Morgan fingerprint density at radius 2 is 1.91 bits per heavy atom. The topological polar surface area (TPSA) is 54.3 Å². The fourth-order valence-corrected chi connectivity index (χ4v) is 2.19. The average molecular weight is 374 g/mol. The summed E-state index contributed by atoms with van der Waals surface area (Å²) in [6.45, 7) is 0.314. The molecule has 2 rings (SSSR count). The molecule has 23 heavy (non-hydrogen) atoms. The molecular weight excluding hydrogens is 359 g/mol. The number of carbonyl (C=O) groups is 1. The molecule has 1 aromatic carbocycles. The lowest BCUT2D eigenvalue weighted by Crippen LogP contribution is -2.52. The second-order valence-electron chi connectivity index (χ2n) is 4.69. The fraction of sp³-hybridized carbons (Fsp3) is 0.188. The molecular formula is C16H15Cl3N2O2. The first-order chi connectivity index (χ1) is 10.9. The monoisotopic (exact) mass is 372 g/mol. The van der Waals surface area contributed by atoms with Crippen molar-refractivity contribution in [1.82, 2.24) is 10.6 Å². The number of alkyl halides is 3. The van der Waals surface area contributed by atoms with E-state index in [2.05, 4.69) is 10.6 Å². The number of hydrogen-bond acceptors (Lipinski definition) is 3. The van der Waals surface area contributed by atoms with Crippen LogP contribution in [-0.4, -0.2) is 15.9 Å². The molecule has 122 valence electrons. The van der Waals surface area contributed by atoms with Gasteiger partial charge in [0.1, 0.15) is 11.9 Å². The molecule has 0 saturated carbocycles. The summed E-state index contributed by atoms with van der Waals surface area (Å²) in [6.07, 6.45) is 3.73. The lowest BCUT2D eigenvalue weighted by molar-refractivity contribution is -0.117. The number of amides is 1. The van der Waals surface area contributed by atoms with E-state index in [1.807, 2.05) is 30.3 Å². The van der Waals surface area contributed by atoms with Crippen molar-refractivity contribution < 1.29 is 9.21 Å². The summed E-state index contributed by atoms with van der Waals surface area (Å²) in [4.78, 5) is 12.0. The third-order valence-electron chi connectivity index (χ3n) is 2.90. The third kappa shape index (κ3) is 6.28. The molecule has 1 amide bonds. The molecule has 0 radical (unpaired) electrons. The van der Waals surface area contributed by atoms with Crippen LogP contribution in [-0.2, 0) is 11.3 Å². The predicted molar refractivity (Wildman–Crippen MR) is 93.2 cm³/mol. The van der Waals surface area contributed by atoms with Crippen LogP contribution in [0.5, 0.6) is 0 Å². The first kappa shape index (κ1) is 17.9. The molecule has 0 bridgehead atoms.